The second-order valence-electron chi connectivity index (χ2n) is 7.03. The fraction of sp³-hybridized carbons (Fsp3) is 0.143. The largest absolute Gasteiger partial charge is 0.316 e. The maximum absolute atomic E-state index is 4.01. The molecule has 2 aromatic carbocycles. The number of allylic oxidation sites excluding steroid dienone is 6. The zero-order chi connectivity index (χ0) is 21.9. The van der Waals surface area contributed by atoms with Crippen LogP contribution in [0.5, 0.6) is 0 Å². The van der Waals surface area contributed by atoms with E-state index in [4.69, 9.17) is 0 Å². The highest BCUT2D eigenvalue weighted by atomic mass is 79.9. The van der Waals surface area contributed by atoms with E-state index >= 15 is 0 Å². The van der Waals surface area contributed by atoms with E-state index in [1.807, 2.05) is 50.3 Å². The summed E-state index contributed by atoms with van der Waals surface area (Å²) >= 11 is 3.54. The van der Waals surface area contributed by atoms with Gasteiger partial charge < -0.3 is 4.57 Å². The van der Waals surface area contributed by atoms with Crippen LogP contribution in [-0.4, -0.2) is 4.57 Å². The summed E-state index contributed by atoms with van der Waals surface area (Å²) in [6, 6.07) is 18.7. The van der Waals surface area contributed by atoms with Crippen molar-refractivity contribution in [2.75, 3.05) is 0 Å². The second kappa shape index (κ2) is 12.0. The molecule has 1 aromatic heterocycles. The quantitative estimate of drug-likeness (QED) is 0.335. The number of nitrogens with zero attached hydrogens (tertiary/aromatic N) is 1. The first-order valence-corrected chi connectivity index (χ1v) is 10.9. The minimum Gasteiger partial charge on any atom is -0.316 e. The molecule has 0 radical (unpaired) electrons. The normalized spacial score (nSPS) is 12.4. The maximum atomic E-state index is 4.01. The van der Waals surface area contributed by atoms with Crippen molar-refractivity contribution in [3.05, 3.63) is 112 Å². The predicted molar refractivity (Wildman–Crippen MR) is 140 cm³/mol. The van der Waals surface area contributed by atoms with E-state index in [0.29, 0.717) is 0 Å². The third kappa shape index (κ3) is 6.60. The molecule has 0 amide bonds. The third-order valence-corrected chi connectivity index (χ3v) is 4.73. The highest BCUT2D eigenvalue weighted by molar-refractivity contribution is 9.11. The molecular weight excluding hydrogens is 430 g/mol. The summed E-state index contributed by atoms with van der Waals surface area (Å²) in [6.07, 6.45) is 14.5. The first-order chi connectivity index (χ1) is 14.5. The molecule has 0 aliphatic heterocycles. The van der Waals surface area contributed by atoms with Crippen molar-refractivity contribution >= 4 is 45.2 Å². The lowest BCUT2D eigenvalue weighted by Crippen LogP contribution is -1.90. The molecular formula is C28H30BrN. The number of aromatic nitrogens is 1. The van der Waals surface area contributed by atoms with E-state index in [9.17, 15) is 0 Å². The number of hydrogen-bond donors (Lipinski definition) is 0. The predicted octanol–water partition coefficient (Wildman–Crippen LogP) is 9.03. The molecule has 0 saturated carbocycles. The van der Waals surface area contributed by atoms with Crippen molar-refractivity contribution in [2.24, 2.45) is 0 Å². The molecule has 0 N–H and O–H groups in total. The maximum Gasteiger partial charge on any atom is 0.0534 e. The fourth-order valence-electron chi connectivity index (χ4n) is 3.06. The van der Waals surface area contributed by atoms with E-state index < -0.39 is 0 Å². The highest BCUT2D eigenvalue weighted by Crippen LogP contribution is 2.30. The molecule has 0 aliphatic rings. The van der Waals surface area contributed by atoms with Crippen LogP contribution >= 0.6 is 15.9 Å². The first-order valence-electron chi connectivity index (χ1n) is 10.1. The lowest BCUT2D eigenvalue weighted by Gasteiger charge is -2.02. The Morgan fingerprint density at radius 2 is 1.67 bits per heavy atom. The number of benzene rings is 2. The summed E-state index contributed by atoms with van der Waals surface area (Å²) in [4.78, 5) is 0. The van der Waals surface area contributed by atoms with E-state index in [2.05, 4.69) is 102 Å². The van der Waals surface area contributed by atoms with Crippen LogP contribution in [0.25, 0.3) is 29.3 Å². The summed E-state index contributed by atoms with van der Waals surface area (Å²) in [5, 5.41) is 1.22. The van der Waals surface area contributed by atoms with Crippen molar-refractivity contribution < 1.29 is 0 Å². The lowest BCUT2D eigenvalue weighted by molar-refractivity contribution is 1.19. The fourth-order valence-corrected chi connectivity index (χ4v) is 3.29. The number of para-hydroxylation sites is 1. The first kappa shape index (κ1) is 23.4. The second-order valence-corrected chi connectivity index (χ2v) is 8.28. The zero-order valence-electron chi connectivity index (χ0n) is 18.3. The van der Waals surface area contributed by atoms with E-state index in [1.54, 1.807) is 0 Å². The number of fused-ring (bicyclic) bond motifs is 1. The van der Waals surface area contributed by atoms with Gasteiger partial charge in [-0.1, -0.05) is 94.8 Å². The minimum absolute atomic E-state index is 1.09. The Morgan fingerprint density at radius 1 is 1.00 bits per heavy atom. The summed E-state index contributed by atoms with van der Waals surface area (Å²) in [5.74, 6) is 0. The minimum atomic E-state index is 1.09. The van der Waals surface area contributed by atoms with Gasteiger partial charge in [0.05, 0.1) is 11.2 Å². The summed E-state index contributed by atoms with van der Waals surface area (Å²) in [5.41, 5.74) is 5.98. The van der Waals surface area contributed by atoms with Gasteiger partial charge in [0.2, 0.25) is 0 Å². The van der Waals surface area contributed by atoms with Crippen LogP contribution in [0.3, 0.4) is 0 Å². The van der Waals surface area contributed by atoms with Crippen LogP contribution in [0.15, 0.2) is 95.5 Å². The van der Waals surface area contributed by atoms with Crippen molar-refractivity contribution in [3.8, 4) is 0 Å². The summed E-state index contributed by atoms with van der Waals surface area (Å²) in [7, 11) is 0. The molecule has 0 saturated heterocycles. The van der Waals surface area contributed by atoms with Gasteiger partial charge in [0.1, 0.15) is 0 Å². The van der Waals surface area contributed by atoms with Crippen LogP contribution < -0.4 is 0 Å². The van der Waals surface area contributed by atoms with Crippen LogP contribution in [0, 0.1) is 6.92 Å². The van der Waals surface area contributed by atoms with Crippen LogP contribution in [-0.2, 0) is 0 Å². The molecule has 30 heavy (non-hydrogen) atoms. The van der Waals surface area contributed by atoms with E-state index in [-0.39, 0.29) is 0 Å². The zero-order valence-corrected chi connectivity index (χ0v) is 19.9. The van der Waals surface area contributed by atoms with Crippen LogP contribution in [0.2, 0.25) is 0 Å². The smallest absolute Gasteiger partial charge is 0.0534 e. The van der Waals surface area contributed by atoms with E-state index in [1.165, 1.54) is 27.6 Å². The molecule has 3 rings (SSSR count). The Morgan fingerprint density at radius 3 is 2.23 bits per heavy atom. The van der Waals surface area contributed by atoms with Gasteiger partial charge >= 0.3 is 0 Å². The lowest BCUT2D eigenvalue weighted by atomic mass is 10.1. The van der Waals surface area contributed by atoms with Gasteiger partial charge in [0.15, 0.2) is 0 Å². The van der Waals surface area contributed by atoms with Gasteiger partial charge in [-0.25, -0.2) is 0 Å². The molecule has 0 atom stereocenters. The Bertz CT molecular complexity index is 1090. The number of halogens is 1. The molecule has 0 spiro atoms. The molecule has 3 aromatic rings. The standard InChI is InChI=1S/C21H22BrN.C7H8/c1-5-7-10-16(3)13-14-23-20(6-2)19(15-17(4)22)18-11-8-9-12-21(18)23;1-7-5-3-2-4-6-7/h5-15H,2H2,1,3-4H3;2-6H,1H3/b7-5-,14-13+,16-10-,17-15+;. The Hall–Kier alpha value is -2.84. The van der Waals surface area contributed by atoms with Crippen LogP contribution in [0.4, 0.5) is 0 Å². The molecule has 2 heteroatoms. The van der Waals surface area contributed by atoms with E-state index in [0.717, 1.165) is 10.2 Å². The average molecular weight is 460 g/mol. The van der Waals surface area contributed by atoms with Gasteiger partial charge in [0, 0.05) is 17.1 Å². The van der Waals surface area contributed by atoms with Crippen molar-refractivity contribution in [1.29, 1.82) is 0 Å². The Kier molecular flexibility index (Phi) is 9.37. The monoisotopic (exact) mass is 459 g/mol. The number of aryl methyl sites for hydroxylation is 1. The molecule has 1 heterocycles. The van der Waals surface area contributed by atoms with Crippen molar-refractivity contribution in [2.45, 2.75) is 27.7 Å². The summed E-state index contributed by atoms with van der Waals surface area (Å²) < 4.78 is 3.29. The van der Waals surface area contributed by atoms with Gasteiger partial charge in [-0.15, -0.1) is 0 Å². The molecule has 0 aliphatic carbocycles. The van der Waals surface area contributed by atoms with Gasteiger partial charge in [-0.2, -0.15) is 0 Å². The Balaban J connectivity index is 0.000000386. The third-order valence-electron chi connectivity index (χ3n) is 4.50. The molecule has 0 fully saturated rings. The van der Waals surface area contributed by atoms with Crippen molar-refractivity contribution in [1.82, 2.24) is 4.57 Å². The molecule has 0 unspecified atom stereocenters. The van der Waals surface area contributed by atoms with Gasteiger partial charge in [0.25, 0.3) is 0 Å². The van der Waals surface area contributed by atoms with Gasteiger partial charge in [-0.05, 0) is 62.0 Å². The van der Waals surface area contributed by atoms with Gasteiger partial charge in [-0.3, -0.25) is 0 Å². The average Bonchev–Trinajstić information content (AvgIpc) is 3.04. The highest BCUT2D eigenvalue weighted by Gasteiger charge is 2.11. The molecule has 1 nitrogen and oxygen atoms in total. The van der Waals surface area contributed by atoms with Crippen LogP contribution in [0.1, 0.15) is 37.6 Å². The topological polar surface area (TPSA) is 4.93 Å². The Labute approximate surface area is 189 Å². The number of rotatable bonds is 5. The molecule has 154 valence electrons. The van der Waals surface area contributed by atoms with Crippen molar-refractivity contribution in [3.63, 3.8) is 0 Å². The molecule has 0 bridgehead atoms. The SMILES string of the molecule is C=Cc1c(/C=C(\C)Br)c2ccccc2n1/C=C/C(C)=C\C=C/C.Cc1ccccc1. The number of hydrogen-bond acceptors (Lipinski definition) is 0. The summed E-state index contributed by atoms with van der Waals surface area (Å²) in [6.45, 7) is 12.2.